The van der Waals surface area contributed by atoms with Crippen molar-refractivity contribution in [1.82, 2.24) is 0 Å². The van der Waals surface area contributed by atoms with Gasteiger partial charge in [0.15, 0.2) is 0 Å². The smallest absolute Gasteiger partial charge is 0.242 e. The minimum atomic E-state index is -4.72. The van der Waals surface area contributed by atoms with Crippen molar-refractivity contribution in [2.24, 2.45) is 0 Å². The van der Waals surface area contributed by atoms with Crippen molar-refractivity contribution in [1.29, 1.82) is 0 Å². The fourth-order valence-corrected chi connectivity index (χ4v) is 6.52. The van der Waals surface area contributed by atoms with Crippen LogP contribution in [0.2, 0.25) is 0 Å². The summed E-state index contributed by atoms with van der Waals surface area (Å²) in [6, 6.07) is 0. The van der Waals surface area contributed by atoms with E-state index in [2.05, 4.69) is 11.4 Å². The van der Waals surface area contributed by atoms with Crippen LogP contribution in [0.1, 0.15) is 46.5 Å². The molecule has 26 heavy (non-hydrogen) atoms. The van der Waals surface area contributed by atoms with Gasteiger partial charge in [0.05, 0.1) is 23.4 Å². The van der Waals surface area contributed by atoms with Gasteiger partial charge in [-0.1, -0.05) is 12.8 Å². The Morgan fingerprint density at radius 1 is 0.654 bits per heavy atom. The molecular weight excluding hydrogens is 436 g/mol. The monoisotopic (exact) mass is 460 g/mol. The molecule has 0 amide bonds. The van der Waals surface area contributed by atoms with Crippen LogP contribution in [-0.2, 0) is 52.2 Å². The lowest BCUT2D eigenvalue weighted by Crippen LogP contribution is -2.27. The van der Waals surface area contributed by atoms with E-state index in [0.29, 0.717) is 6.26 Å². The maximum absolute atomic E-state index is 11.6. The molecule has 0 aliphatic rings. The summed E-state index contributed by atoms with van der Waals surface area (Å²) in [7, 11) is -17.5. The predicted octanol–water partition coefficient (Wildman–Crippen LogP) is 0.259. The molecule has 0 fully saturated rings. The van der Waals surface area contributed by atoms with Gasteiger partial charge in [-0.25, -0.2) is 4.18 Å². The maximum Gasteiger partial charge on any atom is 0.415 e. The molecule has 0 N–H and O–H groups in total. The van der Waals surface area contributed by atoms with E-state index in [9.17, 15) is 33.7 Å². The summed E-state index contributed by atoms with van der Waals surface area (Å²) in [5.74, 6) is -1.15. The van der Waals surface area contributed by atoms with Crippen molar-refractivity contribution in [3.63, 3.8) is 0 Å². The Hall–Kier alpha value is -0.320. The second kappa shape index (κ2) is 9.25. The highest BCUT2D eigenvalue weighted by atomic mass is 32.3. The molecule has 0 aliphatic carbocycles. The first-order valence-electron chi connectivity index (χ1n) is 7.36. The van der Waals surface area contributed by atoms with Gasteiger partial charge in [0, 0.05) is 0 Å². The van der Waals surface area contributed by atoms with E-state index in [1.807, 2.05) is 0 Å². The molecule has 0 rings (SSSR count). The Morgan fingerprint density at radius 2 is 1.04 bits per heavy atom. The molecule has 158 valence electrons. The van der Waals surface area contributed by atoms with E-state index >= 15 is 0 Å². The van der Waals surface area contributed by atoms with Crippen LogP contribution in [0.4, 0.5) is 0 Å². The second-order valence-electron chi connectivity index (χ2n) is 6.38. The number of hydrogen-bond donors (Lipinski definition) is 0. The van der Waals surface area contributed by atoms with E-state index in [1.54, 1.807) is 0 Å². The molecule has 0 aromatic heterocycles. The third-order valence-electron chi connectivity index (χ3n) is 2.31. The summed E-state index contributed by atoms with van der Waals surface area (Å²) in [4.78, 5) is 0. The van der Waals surface area contributed by atoms with E-state index < -0.39 is 57.9 Å². The Labute approximate surface area is 155 Å². The second-order valence-corrected chi connectivity index (χ2v) is 12.9. The summed E-state index contributed by atoms with van der Waals surface area (Å²) < 4.78 is 103. The fraction of sp³-hybridized carbons (Fsp3) is 1.00. The molecule has 0 saturated carbocycles. The lowest BCUT2D eigenvalue weighted by Gasteiger charge is -2.17. The summed E-state index contributed by atoms with van der Waals surface area (Å²) in [5, 5.41) is 0. The Balaban J connectivity index is 4.29. The maximum atomic E-state index is 11.6. The molecule has 15 heteroatoms. The molecule has 0 aliphatic heterocycles. The molecule has 0 radical (unpaired) electrons. The molecule has 0 unspecified atom stereocenters. The van der Waals surface area contributed by atoms with E-state index in [1.165, 1.54) is 20.8 Å². The molecular formula is C11H24O11S4. The standard InChI is InChI=1S/C11H24O11S4/c1-11(2,3)20-26(18,19)22-25(16,17)10-8-6-5-7-9-24(14,15)21-23(4,12)13/h5-10H2,1-4H3. The highest BCUT2D eigenvalue weighted by Gasteiger charge is 2.28. The SMILES string of the molecule is CC(C)(C)OS(=O)(=O)OS(=O)(=O)CCCCCCS(=O)(=O)OS(C)(=O)=O. The number of hydrogen-bond acceptors (Lipinski definition) is 11. The Morgan fingerprint density at radius 3 is 1.38 bits per heavy atom. The topological polar surface area (TPSA) is 164 Å². The molecule has 0 bridgehead atoms. The first-order chi connectivity index (χ1) is 11.3. The van der Waals surface area contributed by atoms with Crippen molar-refractivity contribution < 1.29 is 45.1 Å². The van der Waals surface area contributed by atoms with Crippen LogP contribution in [0, 0.1) is 0 Å². The summed E-state index contributed by atoms with van der Waals surface area (Å²) in [5.41, 5.74) is -1.16. The minimum absolute atomic E-state index is 0.0142. The van der Waals surface area contributed by atoms with E-state index in [0.717, 1.165) is 0 Å². The zero-order valence-electron chi connectivity index (χ0n) is 14.9. The first-order valence-corrected chi connectivity index (χ1v) is 13.7. The zero-order chi connectivity index (χ0) is 20.9. The zero-order valence-corrected chi connectivity index (χ0v) is 18.1. The highest BCUT2D eigenvalue weighted by molar-refractivity contribution is 7.99. The molecule has 0 spiro atoms. The van der Waals surface area contributed by atoms with Crippen LogP contribution >= 0.6 is 0 Å². The molecule has 0 aromatic rings. The van der Waals surface area contributed by atoms with Crippen LogP contribution < -0.4 is 0 Å². The van der Waals surface area contributed by atoms with Gasteiger partial charge in [-0.05, 0) is 33.6 Å². The van der Waals surface area contributed by atoms with Crippen molar-refractivity contribution >= 4 is 40.8 Å². The van der Waals surface area contributed by atoms with Gasteiger partial charge >= 0.3 is 10.4 Å². The Kier molecular flexibility index (Phi) is 9.14. The van der Waals surface area contributed by atoms with Gasteiger partial charge in [0.1, 0.15) is 0 Å². The van der Waals surface area contributed by atoms with E-state index in [-0.39, 0.29) is 25.7 Å². The number of unbranched alkanes of at least 4 members (excludes halogenated alkanes) is 3. The molecule has 0 atom stereocenters. The predicted molar refractivity (Wildman–Crippen MR) is 92.8 cm³/mol. The molecule has 0 aromatic carbocycles. The fourth-order valence-electron chi connectivity index (χ4n) is 1.61. The van der Waals surface area contributed by atoms with Crippen LogP contribution in [0.15, 0.2) is 0 Å². The largest absolute Gasteiger partial charge is 0.415 e. The minimum Gasteiger partial charge on any atom is -0.242 e. The van der Waals surface area contributed by atoms with Gasteiger partial charge in [-0.15, -0.1) is 7.26 Å². The van der Waals surface area contributed by atoms with Gasteiger partial charge < -0.3 is 0 Å². The highest BCUT2D eigenvalue weighted by Crippen LogP contribution is 2.16. The first kappa shape index (κ1) is 25.7. The van der Waals surface area contributed by atoms with Gasteiger partial charge in [0.2, 0.25) is 0 Å². The average molecular weight is 461 g/mol. The lowest BCUT2D eigenvalue weighted by atomic mass is 10.2. The van der Waals surface area contributed by atoms with Crippen molar-refractivity contribution in [3.8, 4) is 0 Å². The third-order valence-corrected chi connectivity index (χ3v) is 7.90. The normalized spacial score (nSPS) is 14.5. The lowest BCUT2D eigenvalue weighted by molar-refractivity contribution is 0.122. The Bertz CT molecular complexity index is 859. The van der Waals surface area contributed by atoms with Gasteiger partial charge in [0.25, 0.3) is 30.4 Å². The van der Waals surface area contributed by atoms with Gasteiger partial charge in [-0.3, -0.25) is 0 Å². The summed E-state index contributed by atoms with van der Waals surface area (Å²) in [6.07, 6.45) is 1.17. The molecule has 0 saturated heterocycles. The van der Waals surface area contributed by atoms with Gasteiger partial charge in [-0.2, -0.15) is 33.7 Å². The number of rotatable bonds is 12. The molecule has 11 nitrogen and oxygen atoms in total. The summed E-state index contributed by atoms with van der Waals surface area (Å²) in [6.45, 7) is 4.21. The quantitative estimate of drug-likeness (QED) is 0.367. The average Bonchev–Trinajstić information content (AvgIpc) is 2.25. The van der Waals surface area contributed by atoms with Crippen molar-refractivity contribution in [3.05, 3.63) is 0 Å². The third kappa shape index (κ3) is 14.8. The summed E-state index contributed by atoms with van der Waals surface area (Å²) >= 11 is 0. The van der Waals surface area contributed by atoms with Crippen LogP contribution in [0.5, 0.6) is 0 Å². The van der Waals surface area contributed by atoms with Crippen molar-refractivity contribution in [2.75, 3.05) is 17.8 Å². The molecule has 0 heterocycles. The van der Waals surface area contributed by atoms with Crippen LogP contribution in [0.3, 0.4) is 0 Å². The van der Waals surface area contributed by atoms with Crippen LogP contribution in [0.25, 0.3) is 0 Å². The van der Waals surface area contributed by atoms with Crippen molar-refractivity contribution in [2.45, 2.75) is 52.1 Å². The van der Waals surface area contributed by atoms with E-state index in [4.69, 9.17) is 0 Å². The van der Waals surface area contributed by atoms with Crippen LogP contribution in [-0.4, -0.2) is 57.0 Å².